The van der Waals surface area contributed by atoms with Crippen LogP contribution in [0.25, 0.3) is 23.0 Å². The molecule has 0 saturated carbocycles. The van der Waals surface area contributed by atoms with Gasteiger partial charge < -0.3 is 9.73 Å². The van der Waals surface area contributed by atoms with E-state index >= 15 is 0 Å². The highest BCUT2D eigenvalue weighted by Crippen LogP contribution is 2.24. The molecule has 6 nitrogen and oxygen atoms in total. The van der Waals surface area contributed by atoms with Gasteiger partial charge in [0.1, 0.15) is 11.6 Å². The lowest BCUT2D eigenvalue weighted by Gasteiger charge is -2.07. The summed E-state index contributed by atoms with van der Waals surface area (Å²) in [6, 6.07) is 10.9. The largest absolute Gasteiger partial charge is 0.458 e. The van der Waals surface area contributed by atoms with Gasteiger partial charge in [0.2, 0.25) is 5.91 Å². The van der Waals surface area contributed by atoms with Crippen LogP contribution in [-0.4, -0.2) is 20.9 Å². The Morgan fingerprint density at radius 1 is 1.17 bits per heavy atom. The molecule has 0 radical (unpaired) electrons. The van der Waals surface area contributed by atoms with Crippen LogP contribution < -0.4 is 5.32 Å². The molecule has 3 heterocycles. The van der Waals surface area contributed by atoms with Crippen molar-refractivity contribution in [3.8, 4) is 23.0 Å². The normalized spacial score (nSPS) is 10.5. The van der Waals surface area contributed by atoms with Crippen molar-refractivity contribution in [1.82, 2.24) is 15.0 Å². The molecule has 0 saturated heterocycles. The SMILES string of the molecule is CCC(=O)Nc1cc(-c2ccccn2)nc(-c2ccc(C)o2)n1. The fraction of sp³-hybridized carbons (Fsp3) is 0.176. The van der Waals surface area contributed by atoms with Gasteiger partial charge in [0.05, 0.1) is 11.4 Å². The lowest BCUT2D eigenvalue weighted by molar-refractivity contribution is -0.115. The topological polar surface area (TPSA) is 80.9 Å². The second kappa shape index (κ2) is 6.39. The zero-order chi connectivity index (χ0) is 16.2. The fourth-order valence-electron chi connectivity index (χ4n) is 2.05. The van der Waals surface area contributed by atoms with Crippen LogP contribution in [0.5, 0.6) is 0 Å². The average molecular weight is 308 g/mol. The molecule has 6 heteroatoms. The van der Waals surface area contributed by atoms with Crippen LogP contribution in [0.2, 0.25) is 0 Å². The van der Waals surface area contributed by atoms with Crippen molar-refractivity contribution in [2.45, 2.75) is 20.3 Å². The van der Waals surface area contributed by atoms with Gasteiger partial charge in [-0.15, -0.1) is 0 Å². The van der Waals surface area contributed by atoms with Gasteiger partial charge in [-0.2, -0.15) is 0 Å². The molecule has 116 valence electrons. The highest BCUT2D eigenvalue weighted by molar-refractivity contribution is 5.90. The van der Waals surface area contributed by atoms with E-state index in [2.05, 4.69) is 20.3 Å². The number of furan rings is 1. The zero-order valence-electron chi connectivity index (χ0n) is 12.9. The monoisotopic (exact) mass is 308 g/mol. The van der Waals surface area contributed by atoms with E-state index in [1.165, 1.54) is 0 Å². The van der Waals surface area contributed by atoms with E-state index in [0.717, 1.165) is 5.76 Å². The average Bonchev–Trinajstić information content (AvgIpc) is 3.02. The highest BCUT2D eigenvalue weighted by Gasteiger charge is 2.13. The van der Waals surface area contributed by atoms with Gasteiger partial charge in [-0.05, 0) is 31.2 Å². The van der Waals surface area contributed by atoms with Crippen LogP contribution in [0, 0.1) is 6.92 Å². The van der Waals surface area contributed by atoms with Crippen molar-refractivity contribution >= 4 is 11.7 Å². The van der Waals surface area contributed by atoms with E-state index in [4.69, 9.17) is 4.42 Å². The minimum Gasteiger partial charge on any atom is -0.458 e. The van der Waals surface area contributed by atoms with Crippen LogP contribution in [0.15, 0.2) is 47.0 Å². The Morgan fingerprint density at radius 2 is 2.04 bits per heavy atom. The number of carbonyl (C=O) groups is 1. The van der Waals surface area contributed by atoms with Gasteiger partial charge in [-0.1, -0.05) is 13.0 Å². The van der Waals surface area contributed by atoms with Gasteiger partial charge in [0, 0.05) is 18.7 Å². The summed E-state index contributed by atoms with van der Waals surface area (Å²) in [5, 5.41) is 2.76. The summed E-state index contributed by atoms with van der Waals surface area (Å²) in [5.41, 5.74) is 1.32. The number of aryl methyl sites for hydroxylation is 1. The number of rotatable bonds is 4. The van der Waals surface area contributed by atoms with Crippen molar-refractivity contribution in [3.05, 3.63) is 48.4 Å². The zero-order valence-corrected chi connectivity index (χ0v) is 12.9. The van der Waals surface area contributed by atoms with Crippen LogP contribution in [-0.2, 0) is 4.79 Å². The molecule has 3 aromatic rings. The second-order valence-electron chi connectivity index (χ2n) is 4.99. The Balaban J connectivity index is 2.08. The molecule has 0 bridgehead atoms. The maximum absolute atomic E-state index is 11.7. The Bertz CT molecular complexity index is 828. The summed E-state index contributed by atoms with van der Waals surface area (Å²) >= 11 is 0. The van der Waals surface area contributed by atoms with Crippen molar-refractivity contribution in [1.29, 1.82) is 0 Å². The molecule has 0 fully saturated rings. The summed E-state index contributed by atoms with van der Waals surface area (Å²) in [4.78, 5) is 24.8. The van der Waals surface area contributed by atoms with E-state index < -0.39 is 0 Å². The molecule has 0 aromatic carbocycles. The molecule has 1 amide bonds. The first-order chi connectivity index (χ1) is 11.2. The quantitative estimate of drug-likeness (QED) is 0.798. The maximum Gasteiger partial charge on any atom is 0.225 e. The number of hydrogen-bond acceptors (Lipinski definition) is 5. The third kappa shape index (κ3) is 3.42. The third-order valence-electron chi connectivity index (χ3n) is 3.20. The number of amides is 1. The molecule has 23 heavy (non-hydrogen) atoms. The van der Waals surface area contributed by atoms with Crippen LogP contribution in [0.3, 0.4) is 0 Å². The second-order valence-corrected chi connectivity index (χ2v) is 4.99. The van der Waals surface area contributed by atoms with Crippen molar-refractivity contribution < 1.29 is 9.21 Å². The van der Waals surface area contributed by atoms with E-state index in [-0.39, 0.29) is 5.91 Å². The van der Waals surface area contributed by atoms with Gasteiger partial charge in [0.25, 0.3) is 0 Å². The molecular formula is C17H16N4O2. The molecule has 0 spiro atoms. The lowest BCUT2D eigenvalue weighted by Crippen LogP contribution is -2.11. The maximum atomic E-state index is 11.7. The molecule has 0 aliphatic rings. The molecule has 3 rings (SSSR count). The summed E-state index contributed by atoms with van der Waals surface area (Å²) < 4.78 is 5.59. The molecular weight excluding hydrogens is 292 g/mol. The third-order valence-corrected chi connectivity index (χ3v) is 3.20. The number of nitrogens with zero attached hydrogens (tertiary/aromatic N) is 3. The van der Waals surface area contributed by atoms with Gasteiger partial charge in [0.15, 0.2) is 11.6 Å². The Kier molecular flexibility index (Phi) is 4.14. The van der Waals surface area contributed by atoms with Crippen molar-refractivity contribution in [2.75, 3.05) is 5.32 Å². The molecule has 1 N–H and O–H groups in total. The summed E-state index contributed by atoms with van der Waals surface area (Å²) in [6.07, 6.45) is 2.07. The number of hydrogen-bond donors (Lipinski definition) is 1. The first kappa shape index (κ1) is 14.9. The number of aromatic nitrogens is 3. The van der Waals surface area contributed by atoms with Crippen molar-refractivity contribution in [3.63, 3.8) is 0 Å². The molecule has 0 atom stereocenters. The number of carbonyl (C=O) groups excluding carboxylic acids is 1. The van der Waals surface area contributed by atoms with Crippen LogP contribution in [0.4, 0.5) is 5.82 Å². The van der Waals surface area contributed by atoms with E-state index in [9.17, 15) is 4.79 Å². The first-order valence-corrected chi connectivity index (χ1v) is 7.33. The van der Waals surface area contributed by atoms with Gasteiger partial charge in [-0.25, -0.2) is 9.97 Å². The molecule has 0 aliphatic heterocycles. The summed E-state index contributed by atoms with van der Waals surface area (Å²) in [7, 11) is 0. The minimum atomic E-state index is -0.114. The lowest BCUT2D eigenvalue weighted by atomic mass is 10.2. The predicted molar refractivity (Wildman–Crippen MR) is 86.6 cm³/mol. The molecule has 0 unspecified atom stereocenters. The molecule has 0 aliphatic carbocycles. The Hall–Kier alpha value is -3.02. The number of pyridine rings is 1. The van der Waals surface area contributed by atoms with Gasteiger partial charge in [-0.3, -0.25) is 9.78 Å². The smallest absolute Gasteiger partial charge is 0.225 e. The number of anilines is 1. The standard InChI is InChI=1S/C17H16N4O2/c1-3-16(22)20-15-10-13(12-6-4-5-9-18-12)19-17(21-15)14-8-7-11(2)23-14/h4-10H,3H2,1-2H3,(H,19,20,21,22). The highest BCUT2D eigenvalue weighted by atomic mass is 16.3. The van der Waals surface area contributed by atoms with Crippen LogP contribution >= 0.6 is 0 Å². The van der Waals surface area contributed by atoms with E-state index in [1.54, 1.807) is 25.3 Å². The Labute approximate surface area is 133 Å². The molecule has 3 aromatic heterocycles. The minimum absolute atomic E-state index is 0.114. The van der Waals surface area contributed by atoms with Gasteiger partial charge >= 0.3 is 0 Å². The summed E-state index contributed by atoms with van der Waals surface area (Å²) in [6.45, 7) is 3.64. The van der Waals surface area contributed by atoms with E-state index in [0.29, 0.717) is 35.2 Å². The van der Waals surface area contributed by atoms with Crippen molar-refractivity contribution in [2.24, 2.45) is 0 Å². The first-order valence-electron chi connectivity index (χ1n) is 7.33. The fourth-order valence-corrected chi connectivity index (χ4v) is 2.05. The Morgan fingerprint density at radius 3 is 2.70 bits per heavy atom. The predicted octanol–water partition coefficient (Wildman–Crippen LogP) is 3.46. The summed E-state index contributed by atoms with van der Waals surface area (Å²) in [5.74, 6) is 2.04. The van der Waals surface area contributed by atoms with E-state index in [1.807, 2.05) is 31.2 Å². The van der Waals surface area contributed by atoms with Crippen LogP contribution in [0.1, 0.15) is 19.1 Å². The number of nitrogens with one attached hydrogen (secondary N) is 1.